The van der Waals surface area contributed by atoms with Crippen LogP contribution >= 0.6 is 0 Å². The van der Waals surface area contributed by atoms with Crippen LogP contribution in [-0.2, 0) is 21.0 Å². The molecule has 1 aromatic carbocycles. The van der Waals surface area contributed by atoms with Crippen LogP contribution in [0, 0.1) is 6.92 Å². The maximum atomic E-state index is 9.88. The molecule has 2 aromatic rings. The minimum absolute atomic E-state index is 0.109. The van der Waals surface area contributed by atoms with E-state index >= 15 is 0 Å². The number of rotatable bonds is 4. The Morgan fingerprint density at radius 1 is 1.14 bits per heavy atom. The zero-order valence-corrected chi connectivity index (χ0v) is 13.6. The molecule has 2 rings (SSSR count). The average molecular weight is 341 g/mol. The van der Waals surface area contributed by atoms with E-state index in [1.54, 1.807) is 6.07 Å². The summed E-state index contributed by atoms with van der Waals surface area (Å²) in [5.41, 5.74) is 1.34. The van der Waals surface area contributed by atoms with Crippen LogP contribution in [0.2, 0.25) is 0 Å². The van der Waals surface area contributed by atoms with Gasteiger partial charge < -0.3 is 14.6 Å². The number of benzene rings is 1. The van der Waals surface area contributed by atoms with E-state index in [0.717, 1.165) is 22.9 Å². The quantitative estimate of drug-likeness (QED) is 0.840. The van der Waals surface area contributed by atoms with E-state index in [0.29, 0.717) is 5.56 Å². The number of aromatic nitrogens is 3. The molecule has 0 aliphatic heterocycles. The first kappa shape index (κ1) is 17.7. The van der Waals surface area contributed by atoms with Crippen molar-refractivity contribution in [2.45, 2.75) is 6.92 Å². The Hall–Kier alpha value is -2.32. The van der Waals surface area contributed by atoms with Gasteiger partial charge in [-0.05, 0) is 18.6 Å². The van der Waals surface area contributed by atoms with E-state index in [4.69, 9.17) is 13.1 Å². The standard InChI is InChI=1S/C13H14N4O3.O.V/c1-8-5-4-6-9(10(8)18)7-14-11-15-12(19-2)17-13(16-11)20-3;;/h4-7,18H,1-3H3;;/b14-7+;;. The van der Waals surface area contributed by atoms with Gasteiger partial charge in [0.15, 0.2) is 0 Å². The zero-order chi connectivity index (χ0) is 16.5. The summed E-state index contributed by atoms with van der Waals surface area (Å²) in [6.07, 6.45) is 1.47. The van der Waals surface area contributed by atoms with Gasteiger partial charge in [0.2, 0.25) is 0 Å². The Morgan fingerprint density at radius 2 is 1.73 bits per heavy atom. The summed E-state index contributed by atoms with van der Waals surface area (Å²) in [6, 6.07) is 5.59. The second-order valence-corrected chi connectivity index (χ2v) is 3.88. The molecule has 0 saturated carbocycles. The Labute approximate surface area is 136 Å². The summed E-state index contributed by atoms with van der Waals surface area (Å²) in [7, 11) is 2.88. The number of ether oxygens (including phenoxy) is 2. The van der Waals surface area contributed by atoms with Gasteiger partial charge in [0.1, 0.15) is 5.75 Å². The minimum atomic E-state index is 0.109. The molecule has 115 valence electrons. The van der Waals surface area contributed by atoms with Crippen molar-refractivity contribution in [3.63, 3.8) is 0 Å². The summed E-state index contributed by atoms with van der Waals surface area (Å²) in [5.74, 6) is 0.304. The molecule has 0 atom stereocenters. The first-order valence-electron chi connectivity index (χ1n) is 5.99. The van der Waals surface area contributed by atoms with Gasteiger partial charge in [0, 0.05) is 11.8 Å². The van der Waals surface area contributed by atoms with Gasteiger partial charge in [0.05, 0.1) is 14.2 Å². The van der Waals surface area contributed by atoms with Crippen LogP contribution in [0.1, 0.15) is 11.1 Å². The SMILES string of the molecule is COc1nc(/N=C/c2cccc(C)c2O)nc(OC)n1.[O]=[V]. The van der Waals surface area contributed by atoms with Crippen molar-refractivity contribution in [3.05, 3.63) is 29.3 Å². The number of hydrogen-bond donors (Lipinski definition) is 1. The molecule has 0 bridgehead atoms. The number of phenols is 1. The number of aliphatic imine (C=N–C) groups is 1. The zero-order valence-electron chi connectivity index (χ0n) is 12.2. The first-order chi connectivity index (χ1) is 10.6. The number of aryl methyl sites for hydroxylation is 1. The fraction of sp³-hybridized carbons (Fsp3) is 0.231. The molecule has 0 unspecified atom stereocenters. The van der Waals surface area contributed by atoms with Crippen molar-refractivity contribution in [2.75, 3.05) is 14.2 Å². The fourth-order valence-electron chi connectivity index (χ4n) is 1.48. The third kappa shape index (κ3) is 4.61. The summed E-state index contributed by atoms with van der Waals surface area (Å²) in [6.45, 7) is 1.81. The van der Waals surface area contributed by atoms with Gasteiger partial charge in [-0.25, -0.2) is 4.99 Å². The first-order valence-corrected chi connectivity index (χ1v) is 6.56. The van der Waals surface area contributed by atoms with Crippen LogP contribution in [0.5, 0.6) is 17.8 Å². The van der Waals surface area contributed by atoms with Crippen molar-refractivity contribution < 1.29 is 35.6 Å². The molecular weight excluding hydrogens is 327 g/mol. The fourth-order valence-corrected chi connectivity index (χ4v) is 1.48. The Morgan fingerprint density at radius 3 is 2.27 bits per heavy atom. The molecule has 1 N–H and O–H groups in total. The molecule has 0 aliphatic carbocycles. The average Bonchev–Trinajstić information content (AvgIpc) is 2.57. The number of para-hydroxylation sites is 1. The van der Waals surface area contributed by atoms with Crippen LogP contribution in [0.4, 0.5) is 5.95 Å². The van der Waals surface area contributed by atoms with Gasteiger partial charge in [-0.3, -0.25) is 0 Å². The Bertz CT molecular complexity index is 644. The molecule has 1 aromatic heterocycles. The number of phenolic OH excluding ortho intramolecular Hbond substituents is 1. The van der Waals surface area contributed by atoms with Gasteiger partial charge in [-0.15, -0.1) is 4.98 Å². The summed E-state index contributed by atoms with van der Waals surface area (Å²) in [4.78, 5) is 15.9. The molecule has 0 aliphatic rings. The van der Waals surface area contributed by atoms with Crippen molar-refractivity contribution in [1.29, 1.82) is 0 Å². The van der Waals surface area contributed by atoms with Crippen molar-refractivity contribution in [2.24, 2.45) is 4.99 Å². The van der Waals surface area contributed by atoms with Crippen LogP contribution in [0.15, 0.2) is 23.2 Å². The molecule has 8 nitrogen and oxygen atoms in total. The molecule has 0 fully saturated rings. The van der Waals surface area contributed by atoms with Gasteiger partial charge in [-0.2, -0.15) is 9.97 Å². The predicted octanol–water partition coefficient (Wildman–Crippen LogP) is 1.53. The molecule has 22 heavy (non-hydrogen) atoms. The maximum absolute atomic E-state index is 9.88. The van der Waals surface area contributed by atoms with Crippen LogP contribution in [-0.4, -0.2) is 40.5 Å². The van der Waals surface area contributed by atoms with Gasteiger partial charge >= 0.3 is 33.1 Å². The Kier molecular flexibility index (Phi) is 7.14. The molecule has 1 heterocycles. The van der Waals surface area contributed by atoms with Crippen molar-refractivity contribution in [3.8, 4) is 17.8 Å². The number of hydrogen-bond acceptors (Lipinski definition) is 8. The molecule has 0 amide bonds. The molecule has 0 saturated heterocycles. The van der Waals surface area contributed by atoms with Crippen molar-refractivity contribution >= 4 is 12.2 Å². The van der Waals surface area contributed by atoms with Crippen molar-refractivity contribution in [1.82, 2.24) is 15.0 Å². The number of nitrogens with zero attached hydrogens (tertiary/aromatic N) is 4. The molecule has 0 spiro atoms. The third-order valence-corrected chi connectivity index (χ3v) is 2.54. The van der Waals surface area contributed by atoms with Crippen LogP contribution < -0.4 is 9.47 Å². The van der Waals surface area contributed by atoms with Crippen LogP contribution in [0.25, 0.3) is 0 Å². The van der Waals surface area contributed by atoms with E-state index in [9.17, 15) is 5.11 Å². The van der Waals surface area contributed by atoms with E-state index in [-0.39, 0.29) is 23.7 Å². The molecule has 0 radical (unpaired) electrons. The number of aromatic hydroxyl groups is 1. The number of methoxy groups -OCH3 is 2. The summed E-state index contributed by atoms with van der Waals surface area (Å²) >= 11 is 1.06. The van der Waals surface area contributed by atoms with Gasteiger partial charge in [-0.1, -0.05) is 12.1 Å². The molecular formula is C13H14N4O4V. The van der Waals surface area contributed by atoms with E-state index < -0.39 is 0 Å². The van der Waals surface area contributed by atoms with Gasteiger partial charge in [0.25, 0.3) is 5.95 Å². The summed E-state index contributed by atoms with van der Waals surface area (Å²) in [5, 5.41) is 9.88. The summed E-state index contributed by atoms with van der Waals surface area (Å²) < 4.78 is 18.0. The third-order valence-electron chi connectivity index (χ3n) is 2.54. The molecule has 9 heteroatoms. The second kappa shape index (κ2) is 8.86. The van der Waals surface area contributed by atoms with E-state index in [2.05, 4.69) is 19.9 Å². The predicted molar refractivity (Wildman–Crippen MR) is 73.7 cm³/mol. The van der Waals surface area contributed by atoms with Crippen LogP contribution in [0.3, 0.4) is 0 Å². The van der Waals surface area contributed by atoms with E-state index in [1.165, 1.54) is 20.4 Å². The van der Waals surface area contributed by atoms with E-state index in [1.807, 2.05) is 19.1 Å². The normalized spacial score (nSPS) is 9.91. The Balaban J connectivity index is 0.00000116. The topological polar surface area (TPSA) is 107 Å². The second-order valence-electron chi connectivity index (χ2n) is 3.88. The monoisotopic (exact) mass is 341 g/mol.